The van der Waals surface area contributed by atoms with E-state index in [1.165, 1.54) is 12.8 Å². The molecule has 1 heterocycles. The smallest absolute Gasteiger partial charge is 0.222 e. The van der Waals surface area contributed by atoms with Gasteiger partial charge in [-0.15, -0.1) is 12.4 Å². The van der Waals surface area contributed by atoms with Gasteiger partial charge in [0, 0.05) is 26.1 Å². The van der Waals surface area contributed by atoms with Gasteiger partial charge in [0.1, 0.15) is 0 Å². The van der Waals surface area contributed by atoms with Crippen LogP contribution in [0.15, 0.2) is 0 Å². The van der Waals surface area contributed by atoms with Gasteiger partial charge in [-0.1, -0.05) is 6.92 Å². The summed E-state index contributed by atoms with van der Waals surface area (Å²) in [7, 11) is 0. The molecule has 4 nitrogen and oxygen atoms in total. The van der Waals surface area contributed by atoms with Crippen LogP contribution >= 0.6 is 12.4 Å². The fraction of sp³-hybridized carbons (Fsp3) is 0.933. The molecule has 1 aliphatic rings. The summed E-state index contributed by atoms with van der Waals surface area (Å²) in [5.74, 6) is 1.41. The summed E-state index contributed by atoms with van der Waals surface area (Å²) in [6, 6.07) is 0. The van der Waals surface area contributed by atoms with Crippen molar-refractivity contribution in [3.63, 3.8) is 0 Å². The highest BCUT2D eigenvalue weighted by molar-refractivity contribution is 5.85. The topological polar surface area (TPSA) is 41.6 Å². The zero-order valence-electron chi connectivity index (χ0n) is 13.2. The first kappa shape index (κ1) is 19.7. The summed E-state index contributed by atoms with van der Waals surface area (Å²) < 4.78 is 5.33. The van der Waals surface area contributed by atoms with Gasteiger partial charge in [-0.3, -0.25) is 4.79 Å². The number of hydrogen-bond donors (Lipinski definition) is 1. The Balaban J connectivity index is 0.00000361. The number of likely N-dealkylation sites (N-methyl/N-ethyl adjacent to an activating group) is 1. The first-order chi connectivity index (χ1) is 9.19. The zero-order valence-corrected chi connectivity index (χ0v) is 14.0. The van der Waals surface area contributed by atoms with E-state index in [4.69, 9.17) is 4.74 Å². The highest BCUT2D eigenvalue weighted by Crippen LogP contribution is 2.23. The summed E-state index contributed by atoms with van der Waals surface area (Å²) in [5.41, 5.74) is 0. The van der Waals surface area contributed by atoms with Crippen molar-refractivity contribution < 1.29 is 9.53 Å². The van der Waals surface area contributed by atoms with E-state index in [2.05, 4.69) is 12.2 Å². The third kappa shape index (κ3) is 6.91. The first-order valence-electron chi connectivity index (χ1n) is 7.75. The standard InChI is InChI=1S/C15H30N2O2.ClH/c1-4-17(9-10-19-5-2)15(18)11-13(3)14-7-6-8-16-12-14;/h13-14,16H,4-12H2,1-3H3;1H. The average molecular weight is 307 g/mol. The summed E-state index contributed by atoms with van der Waals surface area (Å²) in [5, 5.41) is 3.43. The molecule has 1 N–H and O–H groups in total. The minimum absolute atomic E-state index is 0. The minimum Gasteiger partial charge on any atom is -0.380 e. The van der Waals surface area contributed by atoms with Crippen LogP contribution in [0, 0.1) is 11.8 Å². The maximum Gasteiger partial charge on any atom is 0.222 e. The SMILES string of the molecule is CCOCCN(CC)C(=O)CC(C)C1CCCNC1.Cl. The second-order valence-electron chi connectivity index (χ2n) is 5.46. The van der Waals surface area contributed by atoms with Crippen molar-refractivity contribution in [2.24, 2.45) is 11.8 Å². The largest absolute Gasteiger partial charge is 0.380 e. The van der Waals surface area contributed by atoms with Gasteiger partial charge in [-0.05, 0) is 51.6 Å². The van der Waals surface area contributed by atoms with Gasteiger partial charge < -0.3 is 15.0 Å². The average Bonchev–Trinajstić information content (AvgIpc) is 2.44. The van der Waals surface area contributed by atoms with Crippen LogP contribution in [0.25, 0.3) is 0 Å². The highest BCUT2D eigenvalue weighted by Gasteiger charge is 2.23. The lowest BCUT2D eigenvalue weighted by Crippen LogP contribution is -2.38. The van der Waals surface area contributed by atoms with Crippen molar-refractivity contribution in [3.8, 4) is 0 Å². The molecule has 2 atom stereocenters. The van der Waals surface area contributed by atoms with Crippen LogP contribution in [0.2, 0.25) is 0 Å². The summed E-state index contributed by atoms with van der Waals surface area (Å²) >= 11 is 0. The van der Waals surface area contributed by atoms with Gasteiger partial charge in [0.05, 0.1) is 6.61 Å². The molecule has 0 bridgehead atoms. The van der Waals surface area contributed by atoms with Gasteiger partial charge in [0.25, 0.3) is 0 Å². The zero-order chi connectivity index (χ0) is 14.1. The second-order valence-corrected chi connectivity index (χ2v) is 5.46. The molecule has 0 spiro atoms. The fourth-order valence-corrected chi connectivity index (χ4v) is 2.71. The molecule has 1 aliphatic heterocycles. The van der Waals surface area contributed by atoms with E-state index in [1.807, 2.05) is 18.7 Å². The number of nitrogens with one attached hydrogen (secondary N) is 1. The lowest BCUT2D eigenvalue weighted by molar-refractivity contribution is -0.133. The Morgan fingerprint density at radius 2 is 2.20 bits per heavy atom. The van der Waals surface area contributed by atoms with Gasteiger partial charge in [0.2, 0.25) is 5.91 Å². The fourth-order valence-electron chi connectivity index (χ4n) is 2.71. The molecule has 1 fully saturated rings. The van der Waals surface area contributed by atoms with Crippen molar-refractivity contribution in [1.29, 1.82) is 0 Å². The van der Waals surface area contributed by atoms with Crippen molar-refractivity contribution in [2.75, 3.05) is 39.4 Å². The lowest BCUT2D eigenvalue weighted by atomic mass is 9.85. The predicted octanol–water partition coefficient (Wildman–Crippen LogP) is 2.32. The molecule has 120 valence electrons. The lowest BCUT2D eigenvalue weighted by Gasteiger charge is -2.30. The summed E-state index contributed by atoms with van der Waals surface area (Å²) in [6.07, 6.45) is 3.17. The molecule has 5 heteroatoms. The van der Waals surface area contributed by atoms with Gasteiger partial charge >= 0.3 is 0 Å². The number of halogens is 1. The molecular weight excluding hydrogens is 276 g/mol. The number of nitrogens with zero attached hydrogens (tertiary/aromatic N) is 1. The van der Waals surface area contributed by atoms with E-state index < -0.39 is 0 Å². The Morgan fingerprint density at radius 1 is 1.45 bits per heavy atom. The van der Waals surface area contributed by atoms with Crippen LogP contribution < -0.4 is 5.32 Å². The number of ether oxygens (including phenoxy) is 1. The minimum atomic E-state index is 0. The molecular formula is C15H31ClN2O2. The van der Waals surface area contributed by atoms with Crippen molar-refractivity contribution in [1.82, 2.24) is 10.2 Å². The number of piperidine rings is 1. The highest BCUT2D eigenvalue weighted by atomic mass is 35.5. The van der Waals surface area contributed by atoms with Gasteiger partial charge in [0.15, 0.2) is 0 Å². The van der Waals surface area contributed by atoms with Crippen LogP contribution in [-0.4, -0.2) is 50.2 Å². The molecule has 2 unspecified atom stereocenters. The normalized spacial score (nSPS) is 20.1. The number of carbonyl (C=O) groups excluding carboxylic acids is 1. The molecule has 20 heavy (non-hydrogen) atoms. The van der Waals surface area contributed by atoms with E-state index in [0.29, 0.717) is 24.9 Å². The molecule has 0 aromatic heterocycles. The molecule has 0 aromatic rings. The monoisotopic (exact) mass is 306 g/mol. The summed E-state index contributed by atoms with van der Waals surface area (Å²) in [6.45, 7) is 11.3. The van der Waals surface area contributed by atoms with Crippen molar-refractivity contribution >= 4 is 18.3 Å². The third-order valence-corrected chi connectivity index (χ3v) is 4.08. The summed E-state index contributed by atoms with van der Waals surface area (Å²) in [4.78, 5) is 14.2. The first-order valence-corrected chi connectivity index (χ1v) is 7.75. The van der Waals surface area contributed by atoms with E-state index in [0.717, 1.165) is 32.8 Å². The van der Waals surface area contributed by atoms with Gasteiger partial charge in [-0.2, -0.15) is 0 Å². The Labute approximate surface area is 130 Å². The van der Waals surface area contributed by atoms with E-state index in [9.17, 15) is 4.79 Å². The van der Waals surface area contributed by atoms with Gasteiger partial charge in [-0.25, -0.2) is 0 Å². The molecule has 1 saturated heterocycles. The number of rotatable bonds is 8. The molecule has 0 aliphatic carbocycles. The van der Waals surface area contributed by atoms with E-state index in [1.54, 1.807) is 0 Å². The molecule has 0 aromatic carbocycles. The molecule has 0 saturated carbocycles. The quantitative estimate of drug-likeness (QED) is 0.700. The Kier molecular flexibility index (Phi) is 11.2. The van der Waals surface area contributed by atoms with E-state index in [-0.39, 0.29) is 18.3 Å². The third-order valence-electron chi connectivity index (χ3n) is 4.08. The number of carbonyl (C=O) groups is 1. The van der Waals surface area contributed by atoms with Crippen molar-refractivity contribution in [2.45, 2.75) is 40.0 Å². The number of amides is 1. The Hall–Kier alpha value is -0.320. The maximum absolute atomic E-state index is 12.3. The Morgan fingerprint density at radius 3 is 2.75 bits per heavy atom. The maximum atomic E-state index is 12.3. The van der Waals surface area contributed by atoms with Crippen LogP contribution in [0.1, 0.15) is 40.0 Å². The molecule has 1 amide bonds. The molecule has 1 rings (SSSR count). The van der Waals surface area contributed by atoms with Crippen LogP contribution in [-0.2, 0) is 9.53 Å². The van der Waals surface area contributed by atoms with E-state index >= 15 is 0 Å². The predicted molar refractivity (Wildman–Crippen MR) is 85.4 cm³/mol. The van der Waals surface area contributed by atoms with Crippen LogP contribution in [0.3, 0.4) is 0 Å². The van der Waals surface area contributed by atoms with Crippen LogP contribution in [0.5, 0.6) is 0 Å². The molecule has 0 radical (unpaired) electrons. The Bertz CT molecular complexity index is 258. The van der Waals surface area contributed by atoms with Crippen LogP contribution in [0.4, 0.5) is 0 Å². The van der Waals surface area contributed by atoms with Crippen molar-refractivity contribution in [3.05, 3.63) is 0 Å². The number of hydrogen-bond acceptors (Lipinski definition) is 3. The second kappa shape index (κ2) is 11.4.